The molecule has 1 aliphatic heterocycles. The van der Waals surface area contributed by atoms with Crippen LogP contribution in [-0.4, -0.2) is 23.8 Å². The van der Waals surface area contributed by atoms with Gasteiger partial charge >= 0.3 is 0 Å². The Morgan fingerprint density at radius 1 is 0.719 bits per heavy atom. The number of pyridine rings is 1. The molecule has 0 amide bonds. The summed E-state index contributed by atoms with van der Waals surface area (Å²) in [5.74, 6) is 1.59. The fourth-order valence-electron chi connectivity index (χ4n) is 3.48. The van der Waals surface area contributed by atoms with Crippen molar-refractivity contribution in [2.24, 2.45) is 9.98 Å². The summed E-state index contributed by atoms with van der Waals surface area (Å²) in [4.78, 5) is 13.5. The summed E-state index contributed by atoms with van der Waals surface area (Å²) in [6, 6.07) is 24.1. The summed E-state index contributed by atoms with van der Waals surface area (Å²) >= 11 is 0. The molecule has 0 spiro atoms. The Morgan fingerprint density at radius 2 is 1.38 bits per heavy atom. The molecule has 2 heterocycles. The zero-order valence-electron chi connectivity index (χ0n) is 17.3. The number of methoxy groups -OCH3 is 1. The smallest absolute Gasteiger partial charge is 0.162 e. The molecule has 4 aromatic rings. The van der Waals surface area contributed by atoms with Gasteiger partial charge in [0.05, 0.1) is 18.5 Å². The van der Waals surface area contributed by atoms with Gasteiger partial charge in [0, 0.05) is 23.5 Å². The fourth-order valence-corrected chi connectivity index (χ4v) is 3.48. The lowest BCUT2D eigenvalue weighted by molar-refractivity contribution is 0.415. The number of aromatic nitrogens is 1. The molecule has 0 saturated heterocycles. The van der Waals surface area contributed by atoms with Gasteiger partial charge in [0.1, 0.15) is 17.4 Å². The molecular weight excluding hydrogens is 403 g/mol. The van der Waals surface area contributed by atoms with Crippen molar-refractivity contribution in [2.75, 3.05) is 12.4 Å². The summed E-state index contributed by atoms with van der Waals surface area (Å²) in [7, 11) is 1.65. The molecular formula is C26H19FN4O. The topological polar surface area (TPSA) is 58.9 Å². The third-order valence-electron chi connectivity index (χ3n) is 5.18. The lowest BCUT2D eigenvalue weighted by Crippen LogP contribution is -2.15. The van der Waals surface area contributed by atoms with Gasteiger partial charge in [-0.2, -0.15) is 0 Å². The van der Waals surface area contributed by atoms with Gasteiger partial charge in [-0.25, -0.2) is 14.4 Å². The molecule has 1 N–H and O–H groups in total. The van der Waals surface area contributed by atoms with Crippen molar-refractivity contribution in [3.63, 3.8) is 0 Å². The van der Waals surface area contributed by atoms with Gasteiger partial charge in [-0.1, -0.05) is 36.4 Å². The van der Waals surface area contributed by atoms with Crippen molar-refractivity contribution in [2.45, 2.75) is 0 Å². The van der Waals surface area contributed by atoms with Crippen molar-refractivity contribution >= 4 is 23.0 Å². The molecule has 0 radical (unpaired) electrons. The highest BCUT2D eigenvalue weighted by molar-refractivity contribution is 6.19. The molecule has 1 aliphatic rings. The molecule has 3 aromatic carbocycles. The first-order valence-electron chi connectivity index (χ1n) is 10.1. The summed E-state index contributed by atoms with van der Waals surface area (Å²) in [6.45, 7) is 0. The number of halogens is 1. The number of aliphatic imine (C=N–C) groups is 2. The number of amidine groups is 2. The Hall–Kier alpha value is -4.32. The first kappa shape index (κ1) is 19.6. The molecule has 5 nitrogen and oxygen atoms in total. The molecule has 0 fully saturated rings. The van der Waals surface area contributed by atoms with E-state index in [1.807, 2.05) is 60.7 Å². The monoisotopic (exact) mass is 422 g/mol. The van der Waals surface area contributed by atoms with Gasteiger partial charge < -0.3 is 10.1 Å². The number of hydrogen-bond donors (Lipinski definition) is 1. The number of hydrogen-bond acceptors (Lipinski definition) is 5. The fraction of sp³-hybridized carbons (Fsp3) is 0.0385. The molecule has 156 valence electrons. The van der Waals surface area contributed by atoms with Crippen molar-refractivity contribution < 1.29 is 9.13 Å². The number of ether oxygens (including phenoxy) is 1. The predicted octanol–water partition coefficient (Wildman–Crippen LogP) is 5.85. The van der Waals surface area contributed by atoms with E-state index in [0.29, 0.717) is 23.0 Å². The van der Waals surface area contributed by atoms with E-state index in [9.17, 15) is 4.39 Å². The molecule has 6 heteroatoms. The molecule has 1 aromatic heterocycles. The Labute approximate surface area is 185 Å². The highest BCUT2D eigenvalue weighted by Crippen LogP contribution is 2.30. The molecule has 0 saturated carbocycles. The summed E-state index contributed by atoms with van der Waals surface area (Å²) in [6.07, 6.45) is 3.39. The van der Waals surface area contributed by atoms with Crippen molar-refractivity contribution in [1.82, 2.24) is 4.98 Å². The van der Waals surface area contributed by atoms with Crippen LogP contribution in [0.3, 0.4) is 0 Å². The second-order valence-electron chi connectivity index (χ2n) is 7.22. The van der Waals surface area contributed by atoms with Crippen LogP contribution in [0.1, 0.15) is 11.1 Å². The van der Waals surface area contributed by atoms with Crippen LogP contribution in [0.5, 0.6) is 5.75 Å². The first-order chi connectivity index (χ1) is 15.7. The maximum absolute atomic E-state index is 13.9. The van der Waals surface area contributed by atoms with E-state index >= 15 is 0 Å². The van der Waals surface area contributed by atoms with Crippen molar-refractivity contribution in [1.29, 1.82) is 0 Å². The third kappa shape index (κ3) is 3.98. The molecule has 0 atom stereocenters. The zero-order chi connectivity index (χ0) is 21.9. The maximum atomic E-state index is 13.9. The third-order valence-corrected chi connectivity index (χ3v) is 5.18. The normalized spacial score (nSPS) is 12.7. The number of nitrogens with one attached hydrogen (secondary N) is 1. The van der Waals surface area contributed by atoms with Crippen LogP contribution in [-0.2, 0) is 0 Å². The van der Waals surface area contributed by atoms with Crippen LogP contribution < -0.4 is 10.1 Å². The Morgan fingerprint density at radius 3 is 2.06 bits per heavy atom. The van der Waals surface area contributed by atoms with E-state index in [-0.39, 0.29) is 5.82 Å². The quantitative estimate of drug-likeness (QED) is 0.449. The highest BCUT2D eigenvalue weighted by Gasteiger charge is 2.16. The lowest BCUT2D eigenvalue weighted by atomic mass is 10.0. The second-order valence-corrected chi connectivity index (χ2v) is 7.22. The number of fused-ring (bicyclic) bond motifs is 1. The van der Waals surface area contributed by atoms with E-state index in [4.69, 9.17) is 9.73 Å². The van der Waals surface area contributed by atoms with E-state index in [0.717, 1.165) is 28.0 Å². The average molecular weight is 422 g/mol. The molecule has 0 unspecified atom stereocenters. The predicted molar refractivity (Wildman–Crippen MR) is 125 cm³/mol. The van der Waals surface area contributed by atoms with E-state index in [1.54, 1.807) is 25.6 Å². The average Bonchev–Trinajstić information content (AvgIpc) is 3.04. The van der Waals surface area contributed by atoms with Crippen LogP contribution in [0.15, 0.2) is 101 Å². The maximum Gasteiger partial charge on any atom is 0.162 e. The molecule has 0 aliphatic carbocycles. The van der Waals surface area contributed by atoms with Gasteiger partial charge in [0.25, 0.3) is 0 Å². The van der Waals surface area contributed by atoms with Gasteiger partial charge in [-0.3, -0.25) is 4.98 Å². The van der Waals surface area contributed by atoms with Crippen molar-refractivity contribution in [3.8, 4) is 16.9 Å². The van der Waals surface area contributed by atoms with Gasteiger partial charge in [-0.05, 0) is 53.6 Å². The molecule has 32 heavy (non-hydrogen) atoms. The van der Waals surface area contributed by atoms with Crippen LogP contribution >= 0.6 is 0 Å². The van der Waals surface area contributed by atoms with Crippen LogP contribution in [0.2, 0.25) is 0 Å². The van der Waals surface area contributed by atoms with Crippen LogP contribution in [0.25, 0.3) is 11.1 Å². The Balaban J connectivity index is 1.54. The van der Waals surface area contributed by atoms with E-state index in [1.165, 1.54) is 12.1 Å². The lowest BCUT2D eigenvalue weighted by Gasteiger charge is -2.11. The molecule has 0 bridgehead atoms. The minimum Gasteiger partial charge on any atom is -0.497 e. The summed E-state index contributed by atoms with van der Waals surface area (Å²) in [5, 5.41) is 3.25. The van der Waals surface area contributed by atoms with Crippen LogP contribution in [0.4, 0.5) is 15.8 Å². The van der Waals surface area contributed by atoms with E-state index in [2.05, 4.69) is 15.3 Å². The highest BCUT2D eigenvalue weighted by atomic mass is 19.1. The van der Waals surface area contributed by atoms with Gasteiger partial charge in [-0.15, -0.1) is 0 Å². The number of nitrogens with zero attached hydrogens (tertiary/aromatic N) is 3. The standard InChI is InChI=1S/C26H19FN4O/c1-32-22-9-6-18(7-10-22)17-2-4-19(5-3-17)25-30-24-16-21(27)8-11-23(24)29-26(31-25)20-12-14-28-15-13-20/h2-16H,1H3,(H,29,30,31). The number of benzene rings is 3. The molecule has 5 rings (SSSR count). The minimum atomic E-state index is -0.340. The second kappa shape index (κ2) is 8.43. The summed E-state index contributed by atoms with van der Waals surface area (Å²) in [5.41, 5.74) is 5.02. The Bertz CT molecular complexity index is 1310. The minimum absolute atomic E-state index is 0.340. The largest absolute Gasteiger partial charge is 0.497 e. The Kier molecular flexibility index (Phi) is 5.17. The number of anilines is 1. The first-order valence-corrected chi connectivity index (χ1v) is 10.1. The SMILES string of the molecule is COc1ccc(-c2ccc(C3=NC(c4ccncc4)=Nc4ccc(F)cc4N3)cc2)cc1. The van der Waals surface area contributed by atoms with Crippen LogP contribution in [0, 0.1) is 5.82 Å². The van der Waals surface area contributed by atoms with E-state index < -0.39 is 0 Å². The number of rotatable bonds is 4. The zero-order valence-corrected chi connectivity index (χ0v) is 17.3. The van der Waals surface area contributed by atoms with Gasteiger partial charge in [0.2, 0.25) is 0 Å². The summed E-state index contributed by atoms with van der Waals surface area (Å²) < 4.78 is 19.2. The van der Waals surface area contributed by atoms with Gasteiger partial charge in [0.15, 0.2) is 5.84 Å². The van der Waals surface area contributed by atoms with Crippen molar-refractivity contribution in [3.05, 3.63) is 108 Å².